The molecule has 6 aromatic rings. The lowest BCUT2D eigenvalue weighted by molar-refractivity contribution is 0.00590. The molecule has 0 bridgehead atoms. The molecular formula is C42H50N10O7. The van der Waals surface area contributed by atoms with Crippen LogP contribution in [0.1, 0.15) is 50.6 Å². The van der Waals surface area contributed by atoms with E-state index in [4.69, 9.17) is 45.6 Å². The van der Waals surface area contributed by atoms with E-state index in [-0.39, 0.29) is 12.1 Å². The van der Waals surface area contributed by atoms with Crippen LogP contribution in [0.2, 0.25) is 0 Å². The monoisotopic (exact) mass is 806 g/mol. The quantitative estimate of drug-likeness (QED) is 0.122. The average Bonchev–Trinajstić information content (AvgIpc) is 3.87. The first-order valence-electron chi connectivity index (χ1n) is 19.9. The number of nitrogens with two attached hydrogens (primary N) is 3. The lowest BCUT2D eigenvalue weighted by atomic mass is 10.0. The summed E-state index contributed by atoms with van der Waals surface area (Å²) in [5.74, 6) is 2.05. The number of hydrogen-bond donors (Lipinski definition) is 4. The van der Waals surface area contributed by atoms with Gasteiger partial charge in [0.05, 0.1) is 49.6 Å². The number of nitrogens with zero attached hydrogens (tertiary/aromatic N) is 6. The van der Waals surface area contributed by atoms with E-state index < -0.39 is 6.09 Å². The minimum atomic E-state index is -0.508. The maximum atomic E-state index is 12.4. The number of ether oxygens (including phenoxy) is 6. The Labute approximate surface area is 341 Å². The molecule has 17 heteroatoms. The van der Waals surface area contributed by atoms with Crippen LogP contribution in [0.4, 0.5) is 27.8 Å². The molecule has 3 aliphatic rings. The normalized spacial score (nSPS) is 16.7. The molecule has 0 saturated carbocycles. The number of benzene rings is 2. The van der Waals surface area contributed by atoms with E-state index in [0.29, 0.717) is 66.6 Å². The minimum Gasteiger partial charge on any atom is -0.495 e. The molecule has 4 aromatic heterocycles. The van der Waals surface area contributed by atoms with Crippen LogP contribution in [-0.2, 0) is 18.9 Å². The second-order valence-corrected chi connectivity index (χ2v) is 14.7. The summed E-state index contributed by atoms with van der Waals surface area (Å²) in [5, 5.41) is 4.46. The molecule has 59 heavy (non-hydrogen) atoms. The van der Waals surface area contributed by atoms with Crippen LogP contribution in [0.3, 0.4) is 0 Å². The summed E-state index contributed by atoms with van der Waals surface area (Å²) in [6.45, 7) is 4.16. The Morgan fingerprint density at radius 3 is 1.64 bits per heavy atom. The third-order valence-electron chi connectivity index (χ3n) is 11.2. The lowest BCUT2D eigenvalue weighted by Gasteiger charge is -2.24. The van der Waals surface area contributed by atoms with Gasteiger partial charge in [-0.3, -0.25) is 5.32 Å². The molecule has 2 aromatic carbocycles. The van der Waals surface area contributed by atoms with Crippen LogP contribution in [0.25, 0.3) is 44.3 Å². The SMILES string of the molecule is COc1cc(-c2cn(C3CCOCC3)c3ncnc(N)c23)ccc1N.COc1cc(-c2cn(C3CCOCC3)c3ncnc(N)c23)ccc1NC(=O)OC1CCOCC1. The first kappa shape index (κ1) is 39.6. The smallest absolute Gasteiger partial charge is 0.412 e. The Kier molecular flexibility index (Phi) is 11.9. The summed E-state index contributed by atoms with van der Waals surface area (Å²) >= 11 is 0. The van der Waals surface area contributed by atoms with Gasteiger partial charge < -0.3 is 54.8 Å². The minimum absolute atomic E-state index is 0.140. The fourth-order valence-corrected chi connectivity index (χ4v) is 8.06. The third-order valence-corrected chi connectivity index (χ3v) is 11.2. The van der Waals surface area contributed by atoms with E-state index in [1.807, 2.05) is 30.3 Å². The highest BCUT2D eigenvalue weighted by Gasteiger charge is 2.25. The molecule has 0 unspecified atom stereocenters. The van der Waals surface area contributed by atoms with Crippen molar-refractivity contribution in [2.45, 2.75) is 56.7 Å². The van der Waals surface area contributed by atoms with Crippen LogP contribution in [0.15, 0.2) is 61.4 Å². The number of hydrogen-bond acceptors (Lipinski definition) is 14. The van der Waals surface area contributed by atoms with Gasteiger partial charge in [0.2, 0.25) is 0 Å². The van der Waals surface area contributed by atoms with Crippen molar-refractivity contribution in [3.05, 3.63) is 61.4 Å². The molecule has 0 radical (unpaired) electrons. The van der Waals surface area contributed by atoms with Crippen molar-refractivity contribution in [2.75, 3.05) is 76.4 Å². The highest BCUT2D eigenvalue weighted by atomic mass is 16.6. The second-order valence-electron chi connectivity index (χ2n) is 14.7. The highest BCUT2D eigenvalue weighted by Crippen LogP contribution is 2.40. The van der Waals surface area contributed by atoms with Crippen LogP contribution in [-0.4, -0.2) is 95.1 Å². The Balaban J connectivity index is 0.000000172. The molecule has 7 N–H and O–H groups in total. The summed E-state index contributed by atoms with van der Waals surface area (Å²) in [6, 6.07) is 11.9. The Hall–Kier alpha value is -6.17. The fraction of sp³-hybridized carbons (Fsp3) is 0.405. The van der Waals surface area contributed by atoms with Crippen molar-refractivity contribution in [1.29, 1.82) is 0 Å². The fourth-order valence-electron chi connectivity index (χ4n) is 8.06. The first-order chi connectivity index (χ1) is 28.8. The van der Waals surface area contributed by atoms with Gasteiger partial charge in [-0.2, -0.15) is 0 Å². The van der Waals surface area contributed by atoms with Crippen molar-refractivity contribution in [3.8, 4) is 33.8 Å². The lowest BCUT2D eigenvalue weighted by Crippen LogP contribution is -2.28. The topological polar surface area (TPSA) is 224 Å². The maximum absolute atomic E-state index is 12.4. The number of carbonyl (C=O) groups is 1. The van der Waals surface area contributed by atoms with Gasteiger partial charge in [0.15, 0.2) is 0 Å². The molecule has 310 valence electrons. The van der Waals surface area contributed by atoms with Crippen molar-refractivity contribution >= 4 is 51.2 Å². The maximum Gasteiger partial charge on any atom is 0.412 e. The van der Waals surface area contributed by atoms with Gasteiger partial charge in [0, 0.05) is 74.9 Å². The number of carbonyl (C=O) groups excluding carboxylic acids is 1. The molecule has 3 aliphatic heterocycles. The van der Waals surface area contributed by atoms with Crippen molar-refractivity contribution < 1.29 is 33.2 Å². The van der Waals surface area contributed by atoms with Gasteiger partial charge >= 0.3 is 6.09 Å². The number of nitrogens with one attached hydrogen (secondary N) is 1. The summed E-state index contributed by atoms with van der Waals surface area (Å²) in [4.78, 5) is 29.9. The molecule has 3 saturated heterocycles. The standard InChI is InChI=1S/C24H29N5O5.C18H21N5O2/c1-31-20-12-15(2-3-19(20)28-24(30)34-17-6-10-33-11-7-17)18-13-29(16-4-8-32-9-5-16)23-21(18)22(25)26-14-27-23;1-24-15-8-11(2-3-14(15)19)13-9-23(12-4-6-25-7-5-12)18-16(13)17(20)21-10-22-18/h2-3,12-14,16-17H,4-11H2,1H3,(H,28,30)(H2,25,26,27);2-3,8-10,12H,4-7,19H2,1H3,(H2,20,21,22). The number of nitrogen functional groups attached to an aromatic ring is 3. The Bertz CT molecular complexity index is 2420. The molecule has 9 rings (SSSR count). The zero-order valence-electron chi connectivity index (χ0n) is 33.3. The van der Waals surface area contributed by atoms with Crippen molar-refractivity contribution in [3.63, 3.8) is 0 Å². The number of amides is 1. The predicted octanol–water partition coefficient (Wildman–Crippen LogP) is 6.39. The zero-order valence-corrected chi connectivity index (χ0v) is 33.3. The predicted molar refractivity (Wildman–Crippen MR) is 224 cm³/mol. The van der Waals surface area contributed by atoms with Gasteiger partial charge in [-0.1, -0.05) is 12.1 Å². The van der Waals surface area contributed by atoms with Crippen LogP contribution in [0, 0.1) is 0 Å². The number of anilines is 4. The van der Waals surface area contributed by atoms with E-state index in [9.17, 15) is 4.79 Å². The number of fused-ring (bicyclic) bond motifs is 2. The van der Waals surface area contributed by atoms with Gasteiger partial charge in [-0.15, -0.1) is 0 Å². The average molecular weight is 807 g/mol. The molecule has 0 aliphatic carbocycles. The summed E-state index contributed by atoms with van der Waals surface area (Å²) in [7, 11) is 3.18. The number of aromatic nitrogens is 6. The molecule has 0 atom stereocenters. The van der Waals surface area contributed by atoms with Gasteiger partial charge in [-0.25, -0.2) is 24.7 Å². The van der Waals surface area contributed by atoms with E-state index in [1.54, 1.807) is 20.3 Å². The molecule has 7 heterocycles. The van der Waals surface area contributed by atoms with Gasteiger partial charge in [0.25, 0.3) is 0 Å². The van der Waals surface area contributed by atoms with Gasteiger partial charge in [0.1, 0.15) is 53.2 Å². The molecule has 1 amide bonds. The molecule has 3 fully saturated rings. The van der Waals surface area contributed by atoms with Gasteiger partial charge in [-0.05, 0) is 61.1 Å². The van der Waals surface area contributed by atoms with Crippen molar-refractivity contribution in [1.82, 2.24) is 29.1 Å². The number of rotatable bonds is 8. The Morgan fingerprint density at radius 2 is 1.14 bits per heavy atom. The van der Waals surface area contributed by atoms with Crippen molar-refractivity contribution in [2.24, 2.45) is 0 Å². The second kappa shape index (κ2) is 17.8. The summed E-state index contributed by atoms with van der Waals surface area (Å²) < 4.78 is 37.2. The first-order valence-corrected chi connectivity index (χ1v) is 19.9. The zero-order chi connectivity index (χ0) is 40.9. The molecule has 17 nitrogen and oxygen atoms in total. The van der Waals surface area contributed by atoms with E-state index in [2.05, 4.69) is 46.8 Å². The van der Waals surface area contributed by atoms with Crippen LogP contribution in [0.5, 0.6) is 11.5 Å². The van der Waals surface area contributed by atoms with E-state index in [1.165, 1.54) is 12.7 Å². The molecular weight excluding hydrogens is 757 g/mol. The summed E-state index contributed by atoms with van der Waals surface area (Å²) in [6.07, 6.45) is 11.7. The highest BCUT2D eigenvalue weighted by molar-refractivity contribution is 6.02. The Morgan fingerprint density at radius 1 is 0.661 bits per heavy atom. The third kappa shape index (κ3) is 8.39. The van der Waals surface area contributed by atoms with Crippen LogP contribution >= 0.6 is 0 Å². The summed E-state index contributed by atoms with van der Waals surface area (Å²) in [5.41, 5.74) is 25.0. The number of methoxy groups -OCH3 is 2. The van der Waals surface area contributed by atoms with E-state index >= 15 is 0 Å². The largest absolute Gasteiger partial charge is 0.495 e. The van der Waals surface area contributed by atoms with E-state index in [0.717, 1.165) is 96.4 Å². The van der Waals surface area contributed by atoms with Crippen LogP contribution < -0.4 is 32.0 Å². The molecule has 0 spiro atoms.